The molecule has 0 bridgehead atoms. The van der Waals surface area contributed by atoms with Gasteiger partial charge in [0.05, 0.1) is 19.6 Å². The van der Waals surface area contributed by atoms with Crippen LogP contribution in [0.15, 0.2) is 0 Å². The van der Waals surface area contributed by atoms with Gasteiger partial charge in [-0.3, -0.25) is 33.9 Å². The van der Waals surface area contributed by atoms with E-state index < -0.39 is 48.5 Å². The van der Waals surface area contributed by atoms with Crippen molar-refractivity contribution in [3.63, 3.8) is 0 Å². The Hall–Kier alpha value is -2.28. The molecule has 1 rings (SSSR count). The Morgan fingerprint density at radius 3 is 2.03 bits per heavy atom. The van der Waals surface area contributed by atoms with Crippen LogP contribution in [0.2, 0.25) is 0 Å². The lowest BCUT2D eigenvalue weighted by atomic mass is 9.96. The molecule has 1 aliphatic rings. The van der Waals surface area contributed by atoms with E-state index >= 15 is 0 Å². The Bertz CT molecular complexity index is 615. The number of carboxylic acid groups (broad SMARTS) is 4. The molecule has 1 aliphatic heterocycles. The first-order chi connectivity index (χ1) is 14.0. The highest BCUT2D eigenvalue weighted by atomic mass is 16.4. The molecule has 0 aromatic rings. The van der Waals surface area contributed by atoms with E-state index in [2.05, 4.69) is 0 Å². The van der Waals surface area contributed by atoms with Gasteiger partial charge >= 0.3 is 23.9 Å². The van der Waals surface area contributed by atoms with Gasteiger partial charge in [0, 0.05) is 31.7 Å². The summed E-state index contributed by atoms with van der Waals surface area (Å²) in [6.45, 7) is 1.32. The lowest BCUT2D eigenvalue weighted by Crippen LogP contribution is -2.61. The molecule has 172 valence electrons. The van der Waals surface area contributed by atoms with E-state index in [0.717, 1.165) is 0 Å². The molecular weight excluding hydrogens is 400 g/mol. The Balaban J connectivity index is 3.24. The Morgan fingerprint density at radius 2 is 1.57 bits per heavy atom. The third-order valence-electron chi connectivity index (χ3n) is 5.24. The minimum Gasteiger partial charge on any atom is -0.480 e. The van der Waals surface area contributed by atoms with Crippen molar-refractivity contribution in [2.75, 3.05) is 52.4 Å². The van der Waals surface area contributed by atoms with E-state index in [1.165, 1.54) is 4.90 Å². The highest BCUT2D eigenvalue weighted by molar-refractivity contribution is 5.74. The lowest BCUT2D eigenvalue weighted by Gasteiger charge is -2.43. The summed E-state index contributed by atoms with van der Waals surface area (Å²) in [5.74, 6) is -4.57. The van der Waals surface area contributed by atoms with Gasteiger partial charge in [-0.05, 0) is 26.3 Å². The molecule has 0 aliphatic carbocycles. The van der Waals surface area contributed by atoms with Crippen molar-refractivity contribution in [1.82, 2.24) is 14.7 Å². The predicted molar refractivity (Wildman–Crippen MR) is 105 cm³/mol. The van der Waals surface area contributed by atoms with Gasteiger partial charge in [0.15, 0.2) is 0 Å². The van der Waals surface area contributed by atoms with Crippen molar-refractivity contribution in [3.05, 3.63) is 0 Å². The van der Waals surface area contributed by atoms with Gasteiger partial charge in [-0.15, -0.1) is 0 Å². The lowest BCUT2D eigenvalue weighted by molar-refractivity contribution is -0.149. The van der Waals surface area contributed by atoms with Gasteiger partial charge in [-0.2, -0.15) is 0 Å². The third kappa shape index (κ3) is 8.22. The summed E-state index contributed by atoms with van der Waals surface area (Å²) >= 11 is 0. The summed E-state index contributed by atoms with van der Waals surface area (Å²) in [6, 6.07) is -0.864. The molecule has 30 heavy (non-hydrogen) atoms. The minimum atomic E-state index is -1.23. The van der Waals surface area contributed by atoms with Crippen LogP contribution < -0.4 is 5.73 Å². The molecule has 1 saturated heterocycles. The second-order valence-electron chi connectivity index (χ2n) is 7.85. The molecule has 0 saturated carbocycles. The molecule has 6 N–H and O–H groups in total. The Kier molecular flexibility index (Phi) is 10.1. The van der Waals surface area contributed by atoms with Gasteiger partial charge in [0.1, 0.15) is 6.04 Å². The normalized spacial score (nSPS) is 21.8. The van der Waals surface area contributed by atoms with E-state index in [4.69, 9.17) is 5.73 Å². The maximum Gasteiger partial charge on any atom is 0.320 e. The summed E-state index contributed by atoms with van der Waals surface area (Å²) in [6.07, 6.45) is 1.58. The van der Waals surface area contributed by atoms with Crippen molar-refractivity contribution in [2.24, 2.45) is 5.73 Å². The molecule has 2 atom stereocenters. The maximum atomic E-state index is 11.9. The van der Waals surface area contributed by atoms with Crippen LogP contribution in [-0.2, 0) is 19.2 Å². The molecular formula is C18H32N4O8. The third-order valence-corrected chi connectivity index (χ3v) is 5.24. The SMILES string of the molecule is CC1(N(CC(=O)O)CC(=O)O)CN(CC(=O)O)CCN([C@H](CCCCN)C(=O)O)C1. The van der Waals surface area contributed by atoms with Crippen LogP contribution in [0, 0.1) is 0 Å². The fraction of sp³-hybridized carbons (Fsp3) is 0.778. The van der Waals surface area contributed by atoms with Crippen LogP contribution in [-0.4, -0.2) is 123 Å². The zero-order valence-corrected chi connectivity index (χ0v) is 17.2. The van der Waals surface area contributed by atoms with Crippen LogP contribution in [0.1, 0.15) is 26.2 Å². The van der Waals surface area contributed by atoms with Gasteiger partial charge in [0.25, 0.3) is 0 Å². The molecule has 12 heteroatoms. The number of hydrogen-bond donors (Lipinski definition) is 5. The van der Waals surface area contributed by atoms with Crippen molar-refractivity contribution < 1.29 is 39.6 Å². The first-order valence-corrected chi connectivity index (χ1v) is 9.78. The number of hydrogen-bond acceptors (Lipinski definition) is 8. The average molecular weight is 432 g/mol. The van der Waals surface area contributed by atoms with Crippen molar-refractivity contribution >= 4 is 23.9 Å². The molecule has 0 amide bonds. The highest BCUT2D eigenvalue weighted by Gasteiger charge is 2.42. The molecule has 1 fully saturated rings. The summed E-state index contributed by atoms with van der Waals surface area (Å²) in [4.78, 5) is 50.4. The van der Waals surface area contributed by atoms with Crippen LogP contribution in [0.25, 0.3) is 0 Å². The molecule has 0 aromatic heterocycles. The standard InChI is InChI=1S/C18H32N4O8/c1-18(22(9-15(25)26)10-16(27)28)11-20(8-14(23)24)6-7-21(12-18)13(17(29)30)4-2-3-5-19/h13H,2-12,19H2,1H3,(H,23,24)(H,25,26)(H,27,28)(H,29,30)/t13-,18?/m1/s1. The fourth-order valence-corrected chi connectivity index (χ4v) is 3.90. The van der Waals surface area contributed by atoms with Gasteiger partial charge in [-0.1, -0.05) is 6.42 Å². The summed E-state index contributed by atoms with van der Waals surface area (Å²) < 4.78 is 0. The Labute approximate surface area is 174 Å². The van der Waals surface area contributed by atoms with Gasteiger partial charge in [-0.25, -0.2) is 0 Å². The number of nitrogens with two attached hydrogens (primary N) is 1. The number of unbranched alkanes of at least 4 members (excludes halogenated alkanes) is 1. The number of carbonyl (C=O) groups is 4. The molecule has 0 spiro atoms. The zero-order chi connectivity index (χ0) is 22.9. The van der Waals surface area contributed by atoms with Crippen LogP contribution in [0.5, 0.6) is 0 Å². The van der Waals surface area contributed by atoms with E-state index in [-0.39, 0.29) is 32.7 Å². The highest BCUT2D eigenvalue weighted by Crippen LogP contribution is 2.24. The average Bonchev–Trinajstić information content (AvgIpc) is 2.76. The topological polar surface area (TPSA) is 185 Å². The minimum absolute atomic E-state index is 0.0866. The van der Waals surface area contributed by atoms with E-state index in [0.29, 0.717) is 25.8 Å². The first-order valence-electron chi connectivity index (χ1n) is 9.78. The van der Waals surface area contributed by atoms with Gasteiger partial charge in [0.2, 0.25) is 0 Å². The maximum absolute atomic E-state index is 11.9. The summed E-state index contributed by atoms with van der Waals surface area (Å²) in [7, 11) is 0. The smallest absolute Gasteiger partial charge is 0.320 e. The number of rotatable bonds is 13. The Morgan fingerprint density at radius 1 is 0.967 bits per heavy atom. The largest absolute Gasteiger partial charge is 0.480 e. The molecule has 12 nitrogen and oxygen atoms in total. The quantitative estimate of drug-likeness (QED) is 0.212. The molecule has 1 unspecified atom stereocenters. The predicted octanol–water partition coefficient (Wildman–Crippen LogP) is -1.50. The summed E-state index contributed by atoms with van der Waals surface area (Å²) in [5.41, 5.74) is 4.40. The first kappa shape index (κ1) is 25.8. The van der Waals surface area contributed by atoms with Crippen molar-refractivity contribution in [3.8, 4) is 0 Å². The van der Waals surface area contributed by atoms with E-state index in [1.807, 2.05) is 0 Å². The van der Waals surface area contributed by atoms with Crippen molar-refractivity contribution in [2.45, 2.75) is 37.8 Å². The van der Waals surface area contributed by atoms with Crippen LogP contribution in [0.3, 0.4) is 0 Å². The van der Waals surface area contributed by atoms with E-state index in [9.17, 15) is 39.6 Å². The second kappa shape index (κ2) is 11.8. The second-order valence-corrected chi connectivity index (χ2v) is 7.85. The number of carboxylic acids is 4. The van der Waals surface area contributed by atoms with Gasteiger partial charge < -0.3 is 26.2 Å². The summed E-state index contributed by atoms with van der Waals surface area (Å²) in [5, 5.41) is 37.5. The molecule has 1 heterocycles. The zero-order valence-electron chi connectivity index (χ0n) is 17.2. The van der Waals surface area contributed by atoms with Crippen molar-refractivity contribution in [1.29, 1.82) is 0 Å². The number of nitrogens with zero attached hydrogens (tertiary/aromatic N) is 3. The van der Waals surface area contributed by atoms with E-state index in [1.54, 1.807) is 16.7 Å². The fourth-order valence-electron chi connectivity index (χ4n) is 3.90. The molecule has 0 radical (unpaired) electrons. The van der Waals surface area contributed by atoms with Crippen LogP contribution >= 0.6 is 0 Å². The molecule has 0 aromatic carbocycles. The monoisotopic (exact) mass is 432 g/mol. The number of aliphatic carboxylic acids is 4. The van der Waals surface area contributed by atoms with Crippen LogP contribution in [0.4, 0.5) is 0 Å².